The van der Waals surface area contributed by atoms with E-state index in [0.29, 0.717) is 49.5 Å². The first kappa shape index (κ1) is 20.2. The first-order valence-electron chi connectivity index (χ1n) is 8.61. The van der Waals surface area contributed by atoms with Crippen LogP contribution >= 0.6 is 0 Å². The molecule has 0 aliphatic carbocycles. The molecule has 1 N–H and O–H groups in total. The van der Waals surface area contributed by atoms with Gasteiger partial charge in [0.2, 0.25) is 5.91 Å². The van der Waals surface area contributed by atoms with Crippen molar-refractivity contribution in [3.63, 3.8) is 0 Å². The lowest BCUT2D eigenvalue weighted by atomic mass is 10.1. The van der Waals surface area contributed by atoms with Gasteiger partial charge >= 0.3 is 5.82 Å². The largest absolute Gasteiger partial charge is 0.493 e. The Labute approximate surface area is 157 Å². The average molecular weight is 376 g/mol. The molecule has 9 nitrogen and oxygen atoms in total. The summed E-state index contributed by atoms with van der Waals surface area (Å²) in [4.78, 5) is 22.1. The van der Waals surface area contributed by atoms with E-state index in [4.69, 9.17) is 9.47 Å². The van der Waals surface area contributed by atoms with Crippen molar-refractivity contribution in [3.8, 4) is 11.5 Å². The van der Waals surface area contributed by atoms with Crippen molar-refractivity contribution in [2.24, 2.45) is 0 Å². The molecule has 146 valence electrons. The van der Waals surface area contributed by atoms with Crippen LogP contribution in [0.5, 0.6) is 11.5 Å². The third kappa shape index (κ3) is 5.70. The molecule has 9 heteroatoms. The Balaban J connectivity index is 1.73. The van der Waals surface area contributed by atoms with Gasteiger partial charge in [-0.15, -0.1) is 0 Å². The molecule has 0 aliphatic rings. The molecule has 0 unspecified atom stereocenters. The predicted molar refractivity (Wildman–Crippen MR) is 99.1 cm³/mol. The van der Waals surface area contributed by atoms with Gasteiger partial charge in [0.15, 0.2) is 11.5 Å². The summed E-state index contributed by atoms with van der Waals surface area (Å²) >= 11 is 0. The fraction of sp³-hybridized carbons (Fsp3) is 0.444. The quantitative estimate of drug-likeness (QED) is 0.503. The number of ether oxygens (including phenoxy) is 2. The number of nitrogens with zero attached hydrogens (tertiary/aromatic N) is 3. The SMILES string of the molecule is COc1ccc(CCNC(=O)CCCn2nc([N+](=O)[O-])cc2C)cc1OC. The van der Waals surface area contributed by atoms with Crippen LogP contribution in [0.2, 0.25) is 0 Å². The van der Waals surface area contributed by atoms with Crippen molar-refractivity contribution < 1.29 is 19.2 Å². The lowest BCUT2D eigenvalue weighted by molar-refractivity contribution is -0.389. The fourth-order valence-electron chi connectivity index (χ4n) is 2.67. The highest BCUT2D eigenvalue weighted by Gasteiger charge is 2.15. The van der Waals surface area contributed by atoms with Crippen LogP contribution in [0.25, 0.3) is 0 Å². The maximum absolute atomic E-state index is 12.0. The minimum absolute atomic E-state index is 0.0604. The Morgan fingerprint density at radius 1 is 1.26 bits per heavy atom. The first-order valence-corrected chi connectivity index (χ1v) is 8.61. The second kappa shape index (κ2) is 9.56. The molecule has 27 heavy (non-hydrogen) atoms. The van der Waals surface area contributed by atoms with Crippen molar-refractivity contribution >= 4 is 11.7 Å². The lowest BCUT2D eigenvalue weighted by Gasteiger charge is -2.10. The Bertz CT molecular complexity index is 803. The zero-order chi connectivity index (χ0) is 19.8. The molecule has 0 saturated carbocycles. The summed E-state index contributed by atoms with van der Waals surface area (Å²) in [6, 6.07) is 7.07. The van der Waals surface area contributed by atoms with Crippen molar-refractivity contribution in [2.45, 2.75) is 32.7 Å². The Morgan fingerprint density at radius 3 is 2.63 bits per heavy atom. The number of aryl methyl sites for hydroxylation is 2. The van der Waals surface area contributed by atoms with Gasteiger partial charge in [-0.25, -0.2) is 0 Å². The van der Waals surface area contributed by atoms with Gasteiger partial charge in [0.25, 0.3) is 0 Å². The fourth-order valence-corrected chi connectivity index (χ4v) is 2.67. The van der Waals surface area contributed by atoms with Crippen LogP contribution in [0.1, 0.15) is 24.1 Å². The van der Waals surface area contributed by atoms with E-state index in [-0.39, 0.29) is 11.7 Å². The van der Waals surface area contributed by atoms with Crippen LogP contribution in [0, 0.1) is 17.0 Å². The molecule has 0 bridgehead atoms. The molecule has 0 fully saturated rings. The van der Waals surface area contributed by atoms with E-state index in [9.17, 15) is 14.9 Å². The first-order chi connectivity index (χ1) is 12.9. The van der Waals surface area contributed by atoms with Crippen molar-refractivity contribution in [2.75, 3.05) is 20.8 Å². The third-order valence-corrected chi connectivity index (χ3v) is 4.11. The summed E-state index contributed by atoms with van der Waals surface area (Å²) in [6.07, 6.45) is 1.57. The van der Waals surface area contributed by atoms with Crippen LogP contribution in [0.3, 0.4) is 0 Å². The second-order valence-electron chi connectivity index (χ2n) is 6.02. The number of carbonyl (C=O) groups is 1. The Hall–Kier alpha value is -3.10. The van der Waals surface area contributed by atoms with Gasteiger partial charge in [-0.3, -0.25) is 4.79 Å². The van der Waals surface area contributed by atoms with E-state index in [1.165, 1.54) is 6.07 Å². The maximum Gasteiger partial charge on any atom is 0.390 e. The molecule has 1 aromatic carbocycles. The molecule has 0 aliphatic heterocycles. The molecule has 1 aromatic heterocycles. The molecule has 0 saturated heterocycles. The zero-order valence-corrected chi connectivity index (χ0v) is 15.7. The van der Waals surface area contributed by atoms with Gasteiger partial charge in [-0.1, -0.05) is 6.07 Å². The summed E-state index contributed by atoms with van der Waals surface area (Å²) in [5, 5.41) is 17.5. The van der Waals surface area contributed by atoms with E-state index < -0.39 is 4.92 Å². The molecule has 0 atom stereocenters. The molecule has 0 spiro atoms. The summed E-state index contributed by atoms with van der Waals surface area (Å²) in [5.41, 5.74) is 1.74. The number of hydrogen-bond donors (Lipinski definition) is 1. The van der Waals surface area contributed by atoms with Crippen LogP contribution in [-0.4, -0.2) is 41.4 Å². The number of aromatic nitrogens is 2. The van der Waals surface area contributed by atoms with Crippen LogP contribution < -0.4 is 14.8 Å². The third-order valence-electron chi connectivity index (χ3n) is 4.11. The van der Waals surface area contributed by atoms with E-state index in [1.807, 2.05) is 18.2 Å². The number of benzene rings is 1. The molecular formula is C18H24N4O5. The normalized spacial score (nSPS) is 10.5. The number of carbonyl (C=O) groups excluding carboxylic acids is 1. The van der Waals surface area contributed by atoms with Crippen molar-refractivity contribution in [3.05, 3.63) is 45.6 Å². The van der Waals surface area contributed by atoms with Crippen LogP contribution in [0.15, 0.2) is 24.3 Å². The van der Waals surface area contributed by atoms with Gasteiger partial charge < -0.3 is 24.9 Å². The summed E-state index contributed by atoms with van der Waals surface area (Å²) in [7, 11) is 3.17. The monoisotopic (exact) mass is 376 g/mol. The van der Waals surface area contributed by atoms with Crippen LogP contribution in [-0.2, 0) is 17.8 Å². The highest BCUT2D eigenvalue weighted by molar-refractivity contribution is 5.75. The van der Waals surface area contributed by atoms with Gasteiger partial charge in [-0.05, 0) is 42.4 Å². The van der Waals surface area contributed by atoms with Crippen molar-refractivity contribution in [1.29, 1.82) is 0 Å². The van der Waals surface area contributed by atoms with Gasteiger partial charge in [0, 0.05) is 13.0 Å². The van der Waals surface area contributed by atoms with E-state index in [0.717, 1.165) is 5.56 Å². The van der Waals surface area contributed by atoms with Crippen molar-refractivity contribution in [1.82, 2.24) is 15.1 Å². The minimum Gasteiger partial charge on any atom is -0.493 e. The zero-order valence-electron chi connectivity index (χ0n) is 15.7. The average Bonchev–Trinajstić information content (AvgIpc) is 3.02. The van der Waals surface area contributed by atoms with E-state index >= 15 is 0 Å². The summed E-state index contributed by atoms with van der Waals surface area (Å²) in [6.45, 7) is 2.73. The molecule has 2 aromatic rings. The smallest absolute Gasteiger partial charge is 0.390 e. The summed E-state index contributed by atoms with van der Waals surface area (Å²) in [5.74, 6) is 1.09. The number of hydrogen-bond acceptors (Lipinski definition) is 6. The second-order valence-corrected chi connectivity index (χ2v) is 6.02. The lowest BCUT2D eigenvalue weighted by Crippen LogP contribution is -2.25. The molecule has 0 radical (unpaired) electrons. The van der Waals surface area contributed by atoms with Gasteiger partial charge in [0.05, 0.1) is 37.6 Å². The minimum atomic E-state index is -0.523. The van der Waals surface area contributed by atoms with E-state index in [1.54, 1.807) is 25.8 Å². The number of amides is 1. The number of nitro groups is 1. The molecule has 1 heterocycles. The van der Waals surface area contributed by atoms with Crippen LogP contribution in [0.4, 0.5) is 5.82 Å². The number of nitrogens with one attached hydrogen (secondary N) is 1. The van der Waals surface area contributed by atoms with Gasteiger partial charge in [-0.2, -0.15) is 4.68 Å². The predicted octanol–water partition coefficient (Wildman–Crippen LogP) is 2.26. The topological polar surface area (TPSA) is 109 Å². The molecule has 2 rings (SSSR count). The van der Waals surface area contributed by atoms with E-state index in [2.05, 4.69) is 10.4 Å². The highest BCUT2D eigenvalue weighted by Crippen LogP contribution is 2.27. The Kier molecular flexibility index (Phi) is 7.16. The maximum atomic E-state index is 12.0. The summed E-state index contributed by atoms with van der Waals surface area (Å²) < 4.78 is 12.0. The standard InChI is InChI=1S/C18H24N4O5/c1-13-11-17(22(24)25)20-21(13)10-4-5-18(23)19-9-8-14-6-7-15(26-2)16(12-14)27-3/h6-7,11-12H,4-5,8-10H2,1-3H3,(H,19,23). The highest BCUT2D eigenvalue weighted by atomic mass is 16.6. The number of methoxy groups -OCH3 is 2. The van der Waals surface area contributed by atoms with Gasteiger partial charge in [0.1, 0.15) is 0 Å². The molecular weight excluding hydrogens is 352 g/mol. The Morgan fingerprint density at radius 2 is 2.00 bits per heavy atom. The molecule has 1 amide bonds. The number of rotatable bonds is 10.